The summed E-state index contributed by atoms with van der Waals surface area (Å²) < 4.78 is 26.1. The average molecular weight is 252 g/mol. The van der Waals surface area contributed by atoms with Crippen molar-refractivity contribution in [3.63, 3.8) is 0 Å². The average Bonchev–Trinajstić information content (AvgIpc) is 2.29. The zero-order valence-corrected chi connectivity index (χ0v) is 10.8. The highest BCUT2D eigenvalue weighted by Gasteiger charge is 2.13. The third kappa shape index (κ3) is 4.17. The van der Waals surface area contributed by atoms with Gasteiger partial charge < -0.3 is 0 Å². The fraction of sp³-hybridized carbons (Fsp3) is 0.417. The molecule has 4 nitrogen and oxygen atoms in total. The minimum absolute atomic E-state index is 0.143. The molecule has 0 aliphatic rings. The van der Waals surface area contributed by atoms with Gasteiger partial charge in [-0.25, -0.2) is 13.1 Å². The summed E-state index contributed by atoms with van der Waals surface area (Å²) in [5.74, 6) is -0.143. The van der Waals surface area contributed by atoms with Crippen molar-refractivity contribution in [2.75, 3.05) is 6.54 Å². The molecular weight excluding hydrogens is 236 g/mol. The highest BCUT2D eigenvalue weighted by Crippen LogP contribution is 2.10. The number of benzene rings is 1. The Morgan fingerprint density at radius 3 is 2.47 bits per heavy atom. The molecule has 1 rings (SSSR count). The lowest BCUT2D eigenvalue weighted by Gasteiger charge is -2.07. The van der Waals surface area contributed by atoms with E-state index in [4.69, 9.17) is 5.26 Å². The van der Waals surface area contributed by atoms with Crippen molar-refractivity contribution in [1.82, 2.24) is 4.72 Å². The van der Waals surface area contributed by atoms with E-state index in [9.17, 15) is 8.42 Å². The quantitative estimate of drug-likeness (QED) is 0.869. The first-order chi connectivity index (χ1) is 7.95. The Morgan fingerprint density at radius 1 is 1.35 bits per heavy atom. The first kappa shape index (κ1) is 13.7. The number of rotatable bonds is 5. The van der Waals surface area contributed by atoms with Crippen LogP contribution in [0.4, 0.5) is 0 Å². The molecule has 0 amide bonds. The normalized spacial score (nSPS) is 13.0. The van der Waals surface area contributed by atoms with Gasteiger partial charge in [-0.05, 0) is 32.4 Å². The first-order valence-corrected chi connectivity index (χ1v) is 6.90. The molecule has 1 aromatic carbocycles. The van der Waals surface area contributed by atoms with Gasteiger partial charge in [-0.15, -0.1) is 0 Å². The number of nitrogens with zero attached hydrogens (tertiary/aromatic N) is 1. The smallest absolute Gasteiger partial charge is 0.211 e. The molecule has 17 heavy (non-hydrogen) atoms. The van der Waals surface area contributed by atoms with Crippen LogP contribution in [0.25, 0.3) is 0 Å². The lowest BCUT2D eigenvalue weighted by atomic mass is 10.1. The monoisotopic (exact) mass is 252 g/mol. The predicted molar refractivity (Wildman–Crippen MR) is 65.8 cm³/mol. The minimum Gasteiger partial charge on any atom is -0.211 e. The van der Waals surface area contributed by atoms with Crippen molar-refractivity contribution in [3.05, 3.63) is 29.8 Å². The fourth-order valence-electron chi connectivity index (χ4n) is 1.28. The number of hydrogen-bond acceptors (Lipinski definition) is 3. The van der Waals surface area contributed by atoms with Crippen LogP contribution in [0.2, 0.25) is 0 Å². The molecule has 0 aliphatic heterocycles. The first-order valence-electron chi connectivity index (χ1n) is 5.41. The Labute approximate surface area is 102 Å². The van der Waals surface area contributed by atoms with E-state index in [2.05, 4.69) is 10.8 Å². The lowest BCUT2D eigenvalue weighted by Crippen LogP contribution is -2.25. The van der Waals surface area contributed by atoms with E-state index in [1.165, 1.54) is 0 Å². The second-order valence-electron chi connectivity index (χ2n) is 4.03. The third-order valence-electron chi connectivity index (χ3n) is 2.42. The summed E-state index contributed by atoms with van der Waals surface area (Å²) in [6, 6.07) is 8.73. The van der Waals surface area contributed by atoms with Gasteiger partial charge in [-0.3, -0.25) is 0 Å². The van der Waals surface area contributed by atoms with E-state index >= 15 is 0 Å². The summed E-state index contributed by atoms with van der Waals surface area (Å²) in [7, 11) is -3.44. The van der Waals surface area contributed by atoms with Crippen LogP contribution in [-0.2, 0) is 10.0 Å². The highest BCUT2D eigenvalue weighted by atomic mass is 32.2. The fourth-order valence-corrected chi connectivity index (χ4v) is 2.32. The topological polar surface area (TPSA) is 70.0 Å². The lowest BCUT2D eigenvalue weighted by molar-refractivity contribution is 0.570. The van der Waals surface area contributed by atoms with Crippen LogP contribution in [0.15, 0.2) is 29.2 Å². The van der Waals surface area contributed by atoms with Gasteiger partial charge in [0.05, 0.1) is 11.0 Å². The molecule has 0 fully saturated rings. The maximum Gasteiger partial charge on any atom is 0.240 e. The summed E-state index contributed by atoms with van der Waals surface area (Å²) in [5, 5.41) is 8.58. The molecule has 1 atom stereocenters. The predicted octanol–water partition coefficient (Wildman–Crippen LogP) is 1.82. The third-order valence-corrected chi connectivity index (χ3v) is 3.90. The van der Waals surface area contributed by atoms with Gasteiger partial charge >= 0.3 is 0 Å². The van der Waals surface area contributed by atoms with Crippen LogP contribution in [-0.4, -0.2) is 15.0 Å². The van der Waals surface area contributed by atoms with Crippen LogP contribution in [0, 0.1) is 24.2 Å². The molecule has 0 saturated heterocycles. The molecule has 0 heterocycles. The van der Waals surface area contributed by atoms with Crippen molar-refractivity contribution in [2.24, 2.45) is 5.92 Å². The van der Waals surface area contributed by atoms with Crippen LogP contribution < -0.4 is 4.72 Å². The minimum atomic E-state index is -3.44. The molecule has 0 saturated carbocycles. The highest BCUT2D eigenvalue weighted by molar-refractivity contribution is 7.89. The molecule has 1 N–H and O–H groups in total. The van der Waals surface area contributed by atoms with Crippen LogP contribution in [0.1, 0.15) is 18.9 Å². The van der Waals surface area contributed by atoms with Gasteiger partial charge in [0.25, 0.3) is 0 Å². The molecule has 0 aromatic heterocycles. The summed E-state index contributed by atoms with van der Waals surface area (Å²) in [6.45, 7) is 3.95. The van der Waals surface area contributed by atoms with Crippen LogP contribution in [0.3, 0.4) is 0 Å². The number of nitrogens with one attached hydrogen (secondary N) is 1. The van der Waals surface area contributed by atoms with Crippen molar-refractivity contribution in [2.45, 2.75) is 25.2 Å². The van der Waals surface area contributed by atoms with Crippen molar-refractivity contribution < 1.29 is 8.42 Å². The zero-order chi connectivity index (χ0) is 12.9. The number of hydrogen-bond donors (Lipinski definition) is 1. The zero-order valence-electron chi connectivity index (χ0n) is 9.97. The van der Waals surface area contributed by atoms with E-state index in [0.717, 1.165) is 5.56 Å². The second-order valence-corrected chi connectivity index (χ2v) is 5.80. The van der Waals surface area contributed by atoms with Crippen LogP contribution >= 0.6 is 0 Å². The number of nitriles is 1. The molecular formula is C12H16N2O2S. The summed E-state index contributed by atoms with van der Waals surface area (Å²) >= 11 is 0. The second kappa shape index (κ2) is 5.80. The standard InChI is InChI=1S/C12H16N2O2S/c1-10-3-5-12(6-4-10)17(15,16)14-8-7-11(2)9-13/h3-6,11,14H,7-8H2,1-2H3. The van der Waals surface area contributed by atoms with Gasteiger partial charge in [0, 0.05) is 12.5 Å². The van der Waals surface area contributed by atoms with Gasteiger partial charge in [-0.1, -0.05) is 17.7 Å². The molecule has 0 bridgehead atoms. The molecule has 0 spiro atoms. The van der Waals surface area contributed by atoms with Crippen molar-refractivity contribution >= 4 is 10.0 Å². The van der Waals surface area contributed by atoms with E-state index in [-0.39, 0.29) is 17.4 Å². The van der Waals surface area contributed by atoms with Crippen molar-refractivity contribution in [3.8, 4) is 6.07 Å². The van der Waals surface area contributed by atoms with Gasteiger partial charge in [0.15, 0.2) is 0 Å². The van der Waals surface area contributed by atoms with Crippen LogP contribution in [0.5, 0.6) is 0 Å². The number of sulfonamides is 1. The maximum absolute atomic E-state index is 11.8. The molecule has 0 radical (unpaired) electrons. The Kier molecular flexibility index (Phi) is 4.67. The Balaban J connectivity index is 2.64. The van der Waals surface area contributed by atoms with Gasteiger partial charge in [-0.2, -0.15) is 5.26 Å². The Hall–Kier alpha value is -1.38. The number of aryl methyl sites for hydroxylation is 1. The van der Waals surface area contributed by atoms with E-state index in [1.807, 2.05) is 6.92 Å². The Morgan fingerprint density at radius 2 is 1.94 bits per heavy atom. The SMILES string of the molecule is Cc1ccc(S(=O)(=O)NCCC(C)C#N)cc1. The van der Waals surface area contributed by atoms with Gasteiger partial charge in [0.1, 0.15) is 0 Å². The van der Waals surface area contributed by atoms with Crippen molar-refractivity contribution in [1.29, 1.82) is 5.26 Å². The summed E-state index contributed by atoms with van der Waals surface area (Å²) in [5.41, 5.74) is 1.02. The molecule has 5 heteroatoms. The largest absolute Gasteiger partial charge is 0.240 e. The molecule has 1 aromatic rings. The Bertz CT molecular complexity index is 500. The van der Waals surface area contributed by atoms with E-state index in [0.29, 0.717) is 6.42 Å². The molecule has 92 valence electrons. The maximum atomic E-state index is 11.8. The summed E-state index contributed by atoms with van der Waals surface area (Å²) in [4.78, 5) is 0.257. The molecule has 1 unspecified atom stereocenters. The van der Waals surface area contributed by atoms with E-state index in [1.54, 1.807) is 31.2 Å². The summed E-state index contributed by atoms with van der Waals surface area (Å²) in [6.07, 6.45) is 0.515. The van der Waals surface area contributed by atoms with Gasteiger partial charge in [0.2, 0.25) is 10.0 Å². The van der Waals surface area contributed by atoms with E-state index < -0.39 is 10.0 Å². The molecule has 0 aliphatic carbocycles.